The van der Waals surface area contributed by atoms with Crippen LogP contribution >= 0.6 is 0 Å². The molecule has 0 amide bonds. The first kappa shape index (κ1) is 12.1. The Morgan fingerprint density at radius 1 is 1.12 bits per heavy atom. The van der Waals surface area contributed by atoms with Crippen LogP contribution in [0.1, 0.15) is 65.7 Å². The largest absolute Gasteiger partial charge is 0.371 e. The van der Waals surface area contributed by atoms with E-state index < -0.39 is 0 Å². The van der Waals surface area contributed by atoms with Crippen molar-refractivity contribution in [2.45, 2.75) is 77.4 Å². The Hall–Kier alpha value is -0.370. The molecule has 2 fully saturated rings. The topological polar surface area (TPSA) is 26.3 Å². The highest BCUT2D eigenvalue weighted by molar-refractivity contribution is 5.92. The maximum absolute atomic E-state index is 12.0. The third-order valence-corrected chi connectivity index (χ3v) is 4.03. The van der Waals surface area contributed by atoms with E-state index >= 15 is 0 Å². The molecule has 0 saturated heterocycles. The van der Waals surface area contributed by atoms with E-state index in [2.05, 4.69) is 20.8 Å². The lowest BCUT2D eigenvalue weighted by Crippen LogP contribution is -2.57. The van der Waals surface area contributed by atoms with Crippen LogP contribution < -0.4 is 0 Å². The van der Waals surface area contributed by atoms with E-state index in [0.717, 1.165) is 12.8 Å². The Morgan fingerprint density at radius 3 is 2.12 bits per heavy atom. The van der Waals surface area contributed by atoms with Crippen molar-refractivity contribution in [2.75, 3.05) is 0 Å². The number of Topliss-reactive ketones (excluding diaryl/α,β-unsaturated/α-hetero) is 1. The molecule has 0 heterocycles. The van der Waals surface area contributed by atoms with Gasteiger partial charge in [-0.1, -0.05) is 25.7 Å². The minimum atomic E-state index is -0.120. The van der Waals surface area contributed by atoms with Gasteiger partial charge in [0.1, 0.15) is 5.78 Å². The third kappa shape index (κ3) is 2.17. The van der Waals surface area contributed by atoms with Gasteiger partial charge in [-0.3, -0.25) is 4.79 Å². The molecule has 0 aliphatic heterocycles. The van der Waals surface area contributed by atoms with Gasteiger partial charge in [0.2, 0.25) is 0 Å². The van der Waals surface area contributed by atoms with Gasteiger partial charge in [0.05, 0.1) is 17.1 Å². The normalized spacial score (nSPS) is 29.9. The molecule has 0 aromatic carbocycles. The lowest BCUT2D eigenvalue weighted by Gasteiger charge is -2.49. The summed E-state index contributed by atoms with van der Waals surface area (Å²) >= 11 is 0. The molecule has 2 nitrogen and oxygen atoms in total. The average molecular weight is 224 g/mol. The van der Waals surface area contributed by atoms with Gasteiger partial charge in [0.25, 0.3) is 0 Å². The van der Waals surface area contributed by atoms with Crippen LogP contribution in [-0.4, -0.2) is 17.5 Å². The zero-order valence-electron chi connectivity index (χ0n) is 10.8. The fourth-order valence-corrected chi connectivity index (χ4v) is 3.16. The molecule has 1 atom stereocenters. The molecule has 0 N–H and O–H groups in total. The van der Waals surface area contributed by atoms with Gasteiger partial charge >= 0.3 is 0 Å². The van der Waals surface area contributed by atoms with Crippen LogP contribution in [0, 0.1) is 5.41 Å². The summed E-state index contributed by atoms with van der Waals surface area (Å²) in [7, 11) is 0. The average Bonchev–Trinajstić information content (AvgIpc) is 2.42. The monoisotopic (exact) mass is 224 g/mol. The van der Waals surface area contributed by atoms with E-state index in [-0.39, 0.29) is 17.1 Å². The summed E-state index contributed by atoms with van der Waals surface area (Å²) < 4.78 is 6.07. The van der Waals surface area contributed by atoms with Crippen LogP contribution in [0.2, 0.25) is 0 Å². The van der Waals surface area contributed by atoms with E-state index in [1.54, 1.807) is 0 Å². The number of hydrogen-bond donors (Lipinski definition) is 0. The van der Waals surface area contributed by atoms with E-state index in [9.17, 15) is 4.79 Å². The molecular formula is C14H24O2. The molecule has 0 aromatic heterocycles. The standard InChI is InChI=1S/C14H24O2/c1-13(2,3)16-12-10-11(15)14(12)8-6-4-5-7-9-14/h12H,4-10H2,1-3H3. The third-order valence-electron chi connectivity index (χ3n) is 4.03. The highest BCUT2D eigenvalue weighted by Crippen LogP contribution is 2.50. The van der Waals surface area contributed by atoms with Gasteiger partial charge < -0.3 is 4.74 Å². The second-order valence-electron chi connectivity index (χ2n) is 6.42. The van der Waals surface area contributed by atoms with Crippen molar-refractivity contribution >= 4 is 5.78 Å². The van der Waals surface area contributed by atoms with Gasteiger partial charge in [-0.2, -0.15) is 0 Å². The predicted molar refractivity (Wildman–Crippen MR) is 64.4 cm³/mol. The van der Waals surface area contributed by atoms with Crippen molar-refractivity contribution in [3.05, 3.63) is 0 Å². The second kappa shape index (κ2) is 4.14. The smallest absolute Gasteiger partial charge is 0.144 e. The SMILES string of the molecule is CC(C)(C)OC1CC(=O)C12CCCCCC2. The van der Waals surface area contributed by atoms with E-state index in [4.69, 9.17) is 4.74 Å². The van der Waals surface area contributed by atoms with E-state index in [1.165, 1.54) is 25.7 Å². The highest BCUT2D eigenvalue weighted by Gasteiger charge is 2.55. The lowest BCUT2D eigenvalue weighted by atomic mass is 9.60. The summed E-state index contributed by atoms with van der Waals surface area (Å²) in [5.74, 6) is 0.462. The summed E-state index contributed by atoms with van der Waals surface area (Å²) in [6, 6.07) is 0. The van der Waals surface area contributed by atoms with Crippen molar-refractivity contribution in [3.8, 4) is 0 Å². The summed E-state index contributed by atoms with van der Waals surface area (Å²) in [5, 5.41) is 0. The van der Waals surface area contributed by atoms with Gasteiger partial charge in [-0.15, -0.1) is 0 Å². The number of carbonyl (C=O) groups is 1. The number of hydrogen-bond acceptors (Lipinski definition) is 2. The van der Waals surface area contributed by atoms with Gasteiger partial charge in [-0.05, 0) is 33.6 Å². The first-order valence-corrected chi connectivity index (χ1v) is 6.65. The zero-order chi connectivity index (χ0) is 11.8. The Bertz CT molecular complexity index is 267. The molecule has 2 saturated carbocycles. The number of ether oxygens (including phenoxy) is 1. The Balaban J connectivity index is 2.07. The molecule has 2 rings (SSSR count). The lowest BCUT2D eigenvalue weighted by molar-refractivity contribution is -0.185. The Labute approximate surface area is 98.7 Å². The van der Waals surface area contributed by atoms with Crippen LogP contribution in [0.4, 0.5) is 0 Å². The highest BCUT2D eigenvalue weighted by atomic mass is 16.5. The molecule has 1 unspecified atom stereocenters. The summed E-state index contributed by atoms with van der Waals surface area (Å²) in [5.41, 5.74) is -0.214. The zero-order valence-corrected chi connectivity index (χ0v) is 10.8. The molecular weight excluding hydrogens is 200 g/mol. The number of ketones is 1. The van der Waals surface area contributed by atoms with Crippen molar-refractivity contribution < 1.29 is 9.53 Å². The molecule has 0 radical (unpaired) electrons. The fourth-order valence-electron chi connectivity index (χ4n) is 3.16. The van der Waals surface area contributed by atoms with Crippen LogP contribution in [0.25, 0.3) is 0 Å². The van der Waals surface area contributed by atoms with Crippen LogP contribution in [0.15, 0.2) is 0 Å². The summed E-state index contributed by atoms with van der Waals surface area (Å²) in [6.07, 6.45) is 7.95. The molecule has 1 spiro atoms. The van der Waals surface area contributed by atoms with Crippen LogP contribution in [0.5, 0.6) is 0 Å². The number of rotatable bonds is 1. The van der Waals surface area contributed by atoms with Crippen molar-refractivity contribution in [1.82, 2.24) is 0 Å². The molecule has 2 aliphatic carbocycles. The molecule has 2 aliphatic rings. The van der Waals surface area contributed by atoms with Crippen LogP contribution in [0.3, 0.4) is 0 Å². The predicted octanol–water partition coefficient (Wildman–Crippen LogP) is 3.48. The van der Waals surface area contributed by atoms with Gasteiger partial charge in [0, 0.05) is 6.42 Å². The summed E-state index contributed by atoms with van der Waals surface area (Å²) in [4.78, 5) is 12.0. The first-order valence-electron chi connectivity index (χ1n) is 6.65. The quantitative estimate of drug-likeness (QED) is 0.681. The molecule has 0 aromatic rings. The van der Waals surface area contributed by atoms with Gasteiger partial charge in [-0.25, -0.2) is 0 Å². The van der Waals surface area contributed by atoms with Gasteiger partial charge in [0.15, 0.2) is 0 Å². The van der Waals surface area contributed by atoms with Crippen molar-refractivity contribution in [3.63, 3.8) is 0 Å². The van der Waals surface area contributed by atoms with Crippen molar-refractivity contribution in [1.29, 1.82) is 0 Å². The number of carbonyl (C=O) groups excluding carboxylic acids is 1. The maximum Gasteiger partial charge on any atom is 0.144 e. The molecule has 0 bridgehead atoms. The molecule has 92 valence electrons. The maximum atomic E-state index is 12.0. The minimum Gasteiger partial charge on any atom is -0.371 e. The second-order valence-corrected chi connectivity index (χ2v) is 6.42. The van der Waals surface area contributed by atoms with Crippen LogP contribution in [-0.2, 0) is 9.53 Å². The first-order chi connectivity index (χ1) is 7.44. The Kier molecular flexibility index (Phi) is 3.13. The molecule has 16 heavy (non-hydrogen) atoms. The van der Waals surface area contributed by atoms with E-state index in [0.29, 0.717) is 12.2 Å². The van der Waals surface area contributed by atoms with E-state index in [1.807, 2.05) is 0 Å². The summed E-state index contributed by atoms with van der Waals surface area (Å²) in [6.45, 7) is 6.25. The Morgan fingerprint density at radius 2 is 1.69 bits per heavy atom. The van der Waals surface area contributed by atoms with Crippen molar-refractivity contribution in [2.24, 2.45) is 5.41 Å². The minimum absolute atomic E-state index is 0.0935. The molecule has 2 heteroatoms. The fraction of sp³-hybridized carbons (Fsp3) is 0.929.